The Morgan fingerprint density at radius 3 is 2.32 bits per heavy atom. The minimum Gasteiger partial charge on any atom is -0.384 e. The van der Waals surface area contributed by atoms with Crippen LogP contribution < -0.4 is 16.6 Å². The largest absolute Gasteiger partial charge is 0.416 e. The number of benzene rings is 1. The van der Waals surface area contributed by atoms with Gasteiger partial charge in [0.1, 0.15) is 5.82 Å². The molecular formula is C20H20F3N5O3. The van der Waals surface area contributed by atoms with Gasteiger partial charge in [-0.3, -0.25) is 29.2 Å². The molecule has 164 valence electrons. The number of nitrogens with two attached hydrogens (primary N) is 1. The molecule has 8 nitrogen and oxygen atoms in total. The summed E-state index contributed by atoms with van der Waals surface area (Å²) in [4.78, 5) is 40.7. The first-order chi connectivity index (χ1) is 14.5. The van der Waals surface area contributed by atoms with Crippen LogP contribution in [0, 0.1) is 0 Å². The summed E-state index contributed by atoms with van der Waals surface area (Å²) in [5.74, 6) is -1.94. The molecule has 0 bridgehead atoms. The van der Waals surface area contributed by atoms with E-state index in [4.69, 9.17) is 5.73 Å². The monoisotopic (exact) mass is 435 g/mol. The highest BCUT2D eigenvalue weighted by Gasteiger charge is 2.34. The van der Waals surface area contributed by atoms with Crippen LogP contribution in [0.2, 0.25) is 0 Å². The fourth-order valence-electron chi connectivity index (χ4n) is 3.87. The van der Waals surface area contributed by atoms with E-state index in [1.807, 2.05) is 17.3 Å². The first-order valence-electron chi connectivity index (χ1n) is 9.58. The molecule has 1 saturated heterocycles. The number of carbonyl (C=O) groups excluding carboxylic acids is 2. The lowest BCUT2D eigenvalue weighted by Gasteiger charge is -2.32. The molecule has 2 aliphatic heterocycles. The Balaban J connectivity index is 1.82. The van der Waals surface area contributed by atoms with Gasteiger partial charge in [0.05, 0.1) is 22.4 Å². The predicted octanol–water partition coefficient (Wildman–Crippen LogP) is 1.07. The van der Waals surface area contributed by atoms with Gasteiger partial charge in [-0.1, -0.05) is 0 Å². The van der Waals surface area contributed by atoms with Crippen molar-refractivity contribution < 1.29 is 22.8 Å². The fraction of sp³-hybridized carbons (Fsp3) is 0.350. The Labute approximate surface area is 175 Å². The maximum Gasteiger partial charge on any atom is 0.416 e. The molecule has 11 heteroatoms. The highest BCUT2D eigenvalue weighted by molar-refractivity contribution is 6.23. The average molecular weight is 435 g/mol. The molecular weight excluding hydrogens is 415 g/mol. The van der Waals surface area contributed by atoms with Gasteiger partial charge in [-0.15, -0.1) is 0 Å². The van der Waals surface area contributed by atoms with Crippen LogP contribution >= 0.6 is 0 Å². The second-order valence-electron chi connectivity index (χ2n) is 7.74. The van der Waals surface area contributed by atoms with Crippen LogP contribution in [0.3, 0.4) is 0 Å². The topological polar surface area (TPSA) is 101 Å². The zero-order valence-electron chi connectivity index (χ0n) is 16.6. The van der Waals surface area contributed by atoms with Gasteiger partial charge in [-0.05, 0) is 30.8 Å². The molecule has 3 N–H and O–H groups in total. The third kappa shape index (κ3) is 3.93. The SMILES string of the molecule is CN1CCN(Cc2cc(-n3c(N)c4c(cc3=O)C(=O)NC4=O)cc(C(F)(F)F)c2)CC1. The van der Waals surface area contributed by atoms with Gasteiger partial charge in [0, 0.05) is 38.8 Å². The molecule has 2 amide bonds. The number of alkyl halides is 3. The van der Waals surface area contributed by atoms with Gasteiger partial charge in [0.25, 0.3) is 17.4 Å². The molecule has 1 aromatic carbocycles. The summed E-state index contributed by atoms with van der Waals surface area (Å²) in [5, 5.41) is 2.03. The summed E-state index contributed by atoms with van der Waals surface area (Å²) < 4.78 is 41.6. The third-order valence-corrected chi connectivity index (χ3v) is 5.52. The van der Waals surface area contributed by atoms with Crippen molar-refractivity contribution in [3.05, 3.63) is 56.9 Å². The molecule has 2 aromatic rings. The van der Waals surface area contributed by atoms with Crippen LogP contribution in [0.25, 0.3) is 5.69 Å². The average Bonchev–Trinajstić information content (AvgIpc) is 2.96. The minimum absolute atomic E-state index is 0.114. The molecule has 0 atom stereocenters. The van der Waals surface area contributed by atoms with E-state index in [0.717, 1.165) is 35.9 Å². The normalized spacial score (nSPS) is 17.7. The standard InChI is InChI=1S/C20H20F3N5O3/c1-26-2-4-27(5-3-26)10-11-6-12(20(21,22)23)8-13(7-11)28-15(29)9-14-16(17(28)24)19(31)25-18(14)30/h6-9H,2-5,10,24H2,1H3,(H,25,30,31). The molecule has 0 radical (unpaired) electrons. The van der Waals surface area contributed by atoms with Crippen molar-refractivity contribution in [1.29, 1.82) is 0 Å². The molecule has 0 saturated carbocycles. The third-order valence-electron chi connectivity index (χ3n) is 5.52. The number of anilines is 1. The molecule has 0 spiro atoms. The number of halogens is 3. The number of aromatic nitrogens is 1. The van der Waals surface area contributed by atoms with Gasteiger partial charge in [0.2, 0.25) is 0 Å². The highest BCUT2D eigenvalue weighted by Crippen LogP contribution is 2.33. The van der Waals surface area contributed by atoms with Crippen molar-refractivity contribution in [3.63, 3.8) is 0 Å². The van der Waals surface area contributed by atoms with E-state index in [1.54, 1.807) is 0 Å². The minimum atomic E-state index is -4.64. The Kier molecular flexibility index (Phi) is 5.10. The van der Waals surface area contributed by atoms with Gasteiger partial charge < -0.3 is 10.6 Å². The first-order valence-corrected chi connectivity index (χ1v) is 9.58. The number of carbonyl (C=O) groups is 2. The molecule has 3 heterocycles. The van der Waals surface area contributed by atoms with Crippen molar-refractivity contribution in [2.75, 3.05) is 39.0 Å². The van der Waals surface area contributed by atoms with E-state index < -0.39 is 29.1 Å². The van der Waals surface area contributed by atoms with Crippen LogP contribution in [0.15, 0.2) is 29.1 Å². The van der Waals surface area contributed by atoms with E-state index in [2.05, 4.69) is 4.90 Å². The second kappa shape index (κ2) is 7.50. The van der Waals surface area contributed by atoms with Crippen molar-refractivity contribution in [2.45, 2.75) is 12.7 Å². The van der Waals surface area contributed by atoms with E-state index >= 15 is 0 Å². The molecule has 2 aliphatic rings. The number of piperazine rings is 1. The lowest BCUT2D eigenvalue weighted by molar-refractivity contribution is -0.137. The van der Waals surface area contributed by atoms with E-state index in [9.17, 15) is 27.6 Å². The Morgan fingerprint density at radius 2 is 1.68 bits per heavy atom. The van der Waals surface area contributed by atoms with Gasteiger partial charge in [-0.2, -0.15) is 13.2 Å². The zero-order valence-corrected chi connectivity index (χ0v) is 16.6. The van der Waals surface area contributed by atoms with E-state index in [1.165, 1.54) is 6.07 Å². The van der Waals surface area contributed by atoms with Crippen LogP contribution in [0.1, 0.15) is 31.8 Å². The summed E-state index contributed by atoms with van der Waals surface area (Å²) in [6, 6.07) is 4.22. The Hall–Kier alpha value is -3.18. The number of nitrogens with one attached hydrogen (secondary N) is 1. The summed E-state index contributed by atoms with van der Waals surface area (Å²) in [5.41, 5.74) is 4.09. The molecule has 0 unspecified atom stereocenters. The number of fused-ring (bicyclic) bond motifs is 1. The molecule has 0 aliphatic carbocycles. The first kappa shape index (κ1) is 21.1. The Morgan fingerprint density at radius 1 is 1.00 bits per heavy atom. The van der Waals surface area contributed by atoms with Gasteiger partial charge >= 0.3 is 6.18 Å². The van der Waals surface area contributed by atoms with Gasteiger partial charge in [-0.25, -0.2) is 0 Å². The van der Waals surface area contributed by atoms with Crippen LogP contribution in [-0.2, 0) is 12.7 Å². The lowest BCUT2D eigenvalue weighted by atomic mass is 10.1. The molecule has 1 fully saturated rings. The molecule has 4 rings (SSSR count). The zero-order chi connectivity index (χ0) is 22.5. The smallest absolute Gasteiger partial charge is 0.384 e. The van der Waals surface area contributed by atoms with Crippen molar-refractivity contribution >= 4 is 17.6 Å². The predicted molar refractivity (Wildman–Crippen MR) is 106 cm³/mol. The van der Waals surface area contributed by atoms with E-state index in [-0.39, 0.29) is 29.2 Å². The van der Waals surface area contributed by atoms with Crippen molar-refractivity contribution in [2.24, 2.45) is 0 Å². The summed E-state index contributed by atoms with van der Waals surface area (Å²) in [7, 11) is 1.98. The van der Waals surface area contributed by atoms with Crippen LogP contribution in [-0.4, -0.2) is 59.4 Å². The number of nitrogen functional groups attached to an aromatic ring is 1. The Bertz CT molecular complexity index is 1130. The van der Waals surface area contributed by atoms with Crippen molar-refractivity contribution in [1.82, 2.24) is 19.7 Å². The quantitative estimate of drug-likeness (QED) is 0.700. The molecule has 31 heavy (non-hydrogen) atoms. The van der Waals surface area contributed by atoms with Gasteiger partial charge in [0.15, 0.2) is 0 Å². The summed E-state index contributed by atoms with van der Waals surface area (Å²) in [6.45, 7) is 3.26. The van der Waals surface area contributed by atoms with Crippen LogP contribution in [0.4, 0.5) is 19.0 Å². The summed E-state index contributed by atoms with van der Waals surface area (Å²) >= 11 is 0. The number of likely N-dealkylation sites (N-methyl/N-ethyl adjacent to an activating group) is 1. The number of nitrogens with zero attached hydrogens (tertiary/aromatic N) is 3. The van der Waals surface area contributed by atoms with Crippen molar-refractivity contribution in [3.8, 4) is 5.69 Å². The number of pyridine rings is 1. The number of rotatable bonds is 3. The second-order valence-corrected chi connectivity index (χ2v) is 7.74. The number of hydrogen-bond acceptors (Lipinski definition) is 6. The number of imide groups is 1. The maximum atomic E-state index is 13.6. The van der Waals surface area contributed by atoms with Crippen LogP contribution in [0.5, 0.6) is 0 Å². The molecule has 1 aromatic heterocycles. The maximum absolute atomic E-state index is 13.6. The fourth-order valence-corrected chi connectivity index (χ4v) is 3.87. The lowest BCUT2D eigenvalue weighted by Crippen LogP contribution is -2.43. The van der Waals surface area contributed by atoms with E-state index in [0.29, 0.717) is 18.7 Å². The summed E-state index contributed by atoms with van der Waals surface area (Å²) in [6.07, 6.45) is -4.64. The number of hydrogen-bond donors (Lipinski definition) is 2. The highest BCUT2D eigenvalue weighted by atomic mass is 19.4. The number of amides is 2.